The van der Waals surface area contributed by atoms with Crippen molar-refractivity contribution in [3.05, 3.63) is 0 Å². The van der Waals surface area contributed by atoms with E-state index in [1.807, 2.05) is 4.90 Å². The third kappa shape index (κ3) is 3.13. The highest BCUT2D eigenvalue weighted by atomic mass is 19.1. The van der Waals surface area contributed by atoms with Crippen LogP contribution in [0.25, 0.3) is 0 Å². The van der Waals surface area contributed by atoms with Crippen LogP contribution in [-0.2, 0) is 4.74 Å². The molecule has 0 aromatic rings. The molecule has 18 heavy (non-hydrogen) atoms. The molecule has 0 radical (unpaired) electrons. The molecule has 2 heterocycles. The van der Waals surface area contributed by atoms with Crippen molar-refractivity contribution < 1.29 is 13.9 Å². The molecule has 0 spiro atoms. The zero-order valence-electron chi connectivity index (χ0n) is 11.1. The SMILES string of the molecule is CN1CCC([C@@H]2CCCN2C(=O)OCCF)CC1. The molecule has 2 saturated heterocycles. The van der Waals surface area contributed by atoms with Crippen molar-refractivity contribution >= 4 is 6.09 Å². The number of piperidine rings is 1. The molecule has 0 unspecified atom stereocenters. The summed E-state index contributed by atoms with van der Waals surface area (Å²) in [4.78, 5) is 16.0. The molecule has 0 aliphatic carbocycles. The van der Waals surface area contributed by atoms with Crippen molar-refractivity contribution in [1.82, 2.24) is 9.80 Å². The number of hydrogen-bond donors (Lipinski definition) is 0. The molecule has 0 N–H and O–H groups in total. The van der Waals surface area contributed by atoms with E-state index in [1.54, 1.807) is 0 Å². The van der Waals surface area contributed by atoms with Gasteiger partial charge in [0, 0.05) is 12.6 Å². The van der Waals surface area contributed by atoms with E-state index >= 15 is 0 Å². The average Bonchev–Trinajstić information content (AvgIpc) is 2.86. The van der Waals surface area contributed by atoms with Crippen LogP contribution in [0.4, 0.5) is 9.18 Å². The fraction of sp³-hybridized carbons (Fsp3) is 0.923. The lowest BCUT2D eigenvalue weighted by Crippen LogP contribution is -2.44. The lowest BCUT2D eigenvalue weighted by atomic mass is 9.88. The van der Waals surface area contributed by atoms with Gasteiger partial charge in [-0.2, -0.15) is 0 Å². The number of halogens is 1. The van der Waals surface area contributed by atoms with E-state index in [9.17, 15) is 9.18 Å². The molecule has 2 rings (SSSR count). The normalized spacial score (nSPS) is 26.6. The van der Waals surface area contributed by atoms with Gasteiger partial charge in [-0.15, -0.1) is 0 Å². The van der Waals surface area contributed by atoms with Crippen LogP contribution in [0.2, 0.25) is 0 Å². The van der Waals surface area contributed by atoms with Gasteiger partial charge in [-0.05, 0) is 51.7 Å². The molecule has 2 fully saturated rings. The van der Waals surface area contributed by atoms with Crippen LogP contribution in [0.3, 0.4) is 0 Å². The molecule has 1 amide bonds. The Morgan fingerprint density at radius 1 is 1.28 bits per heavy atom. The number of hydrogen-bond acceptors (Lipinski definition) is 3. The molecule has 4 nitrogen and oxygen atoms in total. The molecule has 0 bridgehead atoms. The van der Waals surface area contributed by atoms with Crippen LogP contribution >= 0.6 is 0 Å². The standard InChI is InChI=1S/C13H23FN2O2/c1-15-8-4-11(5-9-15)12-3-2-7-16(12)13(17)18-10-6-14/h11-12H,2-10H2,1H3/t12-/m0/s1. The van der Waals surface area contributed by atoms with Crippen molar-refractivity contribution in [1.29, 1.82) is 0 Å². The van der Waals surface area contributed by atoms with Crippen molar-refractivity contribution in [2.45, 2.75) is 31.7 Å². The van der Waals surface area contributed by atoms with Gasteiger partial charge in [-0.1, -0.05) is 0 Å². The monoisotopic (exact) mass is 258 g/mol. The summed E-state index contributed by atoms with van der Waals surface area (Å²) >= 11 is 0. The zero-order valence-corrected chi connectivity index (χ0v) is 11.1. The zero-order chi connectivity index (χ0) is 13.0. The first kappa shape index (κ1) is 13.6. The summed E-state index contributed by atoms with van der Waals surface area (Å²) in [7, 11) is 2.14. The Balaban J connectivity index is 1.88. The summed E-state index contributed by atoms with van der Waals surface area (Å²) in [5, 5.41) is 0. The number of rotatable bonds is 3. The summed E-state index contributed by atoms with van der Waals surface area (Å²) in [5.74, 6) is 0.585. The molecule has 5 heteroatoms. The fourth-order valence-corrected chi connectivity index (χ4v) is 3.13. The summed E-state index contributed by atoms with van der Waals surface area (Å²) in [6.07, 6.45) is 4.08. The number of carbonyl (C=O) groups is 1. The highest BCUT2D eigenvalue weighted by Crippen LogP contribution is 2.31. The minimum atomic E-state index is -0.599. The minimum Gasteiger partial charge on any atom is -0.447 e. The van der Waals surface area contributed by atoms with Gasteiger partial charge in [0.15, 0.2) is 0 Å². The third-order valence-corrected chi connectivity index (χ3v) is 4.14. The van der Waals surface area contributed by atoms with E-state index < -0.39 is 6.67 Å². The number of likely N-dealkylation sites (tertiary alicyclic amines) is 2. The lowest BCUT2D eigenvalue weighted by Gasteiger charge is -2.36. The van der Waals surface area contributed by atoms with E-state index in [0.717, 1.165) is 45.3 Å². The van der Waals surface area contributed by atoms with Crippen molar-refractivity contribution in [3.8, 4) is 0 Å². The Kier molecular flexibility index (Phi) is 4.80. The topological polar surface area (TPSA) is 32.8 Å². The first-order chi connectivity index (χ1) is 8.72. The van der Waals surface area contributed by atoms with Gasteiger partial charge in [0.2, 0.25) is 0 Å². The smallest absolute Gasteiger partial charge is 0.410 e. The van der Waals surface area contributed by atoms with Gasteiger partial charge in [-0.25, -0.2) is 9.18 Å². The summed E-state index contributed by atoms with van der Waals surface area (Å²) in [5.41, 5.74) is 0. The van der Waals surface area contributed by atoms with E-state index in [2.05, 4.69) is 11.9 Å². The second-order valence-corrected chi connectivity index (χ2v) is 5.35. The first-order valence-corrected chi connectivity index (χ1v) is 6.90. The highest BCUT2D eigenvalue weighted by Gasteiger charge is 2.36. The quantitative estimate of drug-likeness (QED) is 0.775. The lowest BCUT2D eigenvalue weighted by molar-refractivity contribution is 0.0716. The molecule has 2 aliphatic heterocycles. The molecular formula is C13H23FN2O2. The first-order valence-electron chi connectivity index (χ1n) is 6.90. The number of carbonyl (C=O) groups excluding carboxylic acids is 1. The Labute approximate surface area is 108 Å². The van der Waals surface area contributed by atoms with Crippen LogP contribution < -0.4 is 0 Å². The van der Waals surface area contributed by atoms with Gasteiger partial charge in [0.05, 0.1) is 0 Å². The average molecular weight is 258 g/mol. The van der Waals surface area contributed by atoms with E-state index in [-0.39, 0.29) is 12.7 Å². The Hall–Kier alpha value is -0.840. The maximum Gasteiger partial charge on any atom is 0.410 e. The van der Waals surface area contributed by atoms with Crippen molar-refractivity contribution in [3.63, 3.8) is 0 Å². The maximum absolute atomic E-state index is 12.0. The number of ether oxygens (including phenoxy) is 1. The number of amides is 1. The van der Waals surface area contributed by atoms with Gasteiger partial charge in [0.25, 0.3) is 0 Å². The molecule has 0 aromatic heterocycles. The van der Waals surface area contributed by atoms with Gasteiger partial charge in [0.1, 0.15) is 13.3 Å². The van der Waals surface area contributed by atoms with Crippen LogP contribution in [0.15, 0.2) is 0 Å². The van der Waals surface area contributed by atoms with Crippen LogP contribution in [0, 0.1) is 5.92 Å². The van der Waals surface area contributed by atoms with E-state index in [0.29, 0.717) is 12.0 Å². The number of nitrogens with zero attached hydrogens (tertiary/aromatic N) is 2. The largest absolute Gasteiger partial charge is 0.447 e. The second-order valence-electron chi connectivity index (χ2n) is 5.35. The third-order valence-electron chi connectivity index (χ3n) is 4.14. The molecule has 2 aliphatic rings. The Bertz CT molecular complexity index is 280. The summed E-state index contributed by atoms with van der Waals surface area (Å²) in [6, 6.07) is 0.311. The summed E-state index contributed by atoms with van der Waals surface area (Å²) in [6.45, 7) is 2.26. The molecular weight excluding hydrogens is 235 g/mol. The fourth-order valence-electron chi connectivity index (χ4n) is 3.13. The molecule has 1 atom stereocenters. The van der Waals surface area contributed by atoms with Crippen LogP contribution in [0.5, 0.6) is 0 Å². The van der Waals surface area contributed by atoms with E-state index in [1.165, 1.54) is 0 Å². The molecule has 0 saturated carbocycles. The highest BCUT2D eigenvalue weighted by molar-refractivity contribution is 5.68. The summed E-state index contributed by atoms with van der Waals surface area (Å²) < 4.78 is 17.0. The van der Waals surface area contributed by atoms with Crippen molar-refractivity contribution in [2.24, 2.45) is 5.92 Å². The van der Waals surface area contributed by atoms with Crippen LogP contribution in [0.1, 0.15) is 25.7 Å². The van der Waals surface area contributed by atoms with Crippen LogP contribution in [-0.4, -0.2) is 61.9 Å². The Morgan fingerprint density at radius 2 is 2.00 bits per heavy atom. The second kappa shape index (κ2) is 6.36. The van der Waals surface area contributed by atoms with Crippen molar-refractivity contribution in [2.75, 3.05) is 40.0 Å². The van der Waals surface area contributed by atoms with E-state index in [4.69, 9.17) is 4.74 Å². The number of alkyl halides is 1. The molecule has 104 valence electrons. The van der Waals surface area contributed by atoms with Gasteiger partial charge < -0.3 is 14.5 Å². The molecule has 0 aromatic carbocycles. The van der Waals surface area contributed by atoms with Gasteiger partial charge >= 0.3 is 6.09 Å². The maximum atomic E-state index is 12.0. The predicted molar refractivity (Wildman–Crippen MR) is 67.3 cm³/mol. The minimum absolute atomic E-state index is 0.116. The Morgan fingerprint density at radius 3 is 2.67 bits per heavy atom. The predicted octanol–water partition coefficient (Wildman–Crippen LogP) is 1.90. The van der Waals surface area contributed by atoms with Gasteiger partial charge in [-0.3, -0.25) is 0 Å².